The maximum Gasteiger partial charge on any atom is 0.194 e. The van der Waals surface area contributed by atoms with E-state index in [1.54, 1.807) is 6.20 Å². The van der Waals surface area contributed by atoms with Crippen molar-refractivity contribution in [2.24, 2.45) is 0 Å². The number of ether oxygens (including phenoxy) is 1. The third-order valence-corrected chi connectivity index (χ3v) is 4.60. The van der Waals surface area contributed by atoms with Crippen LogP contribution < -0.4 is 0 Å². The molecule has 0 amide bonds. The molecule has 28 heavy (non-hydrogen) atoms. The van der Waals surface area contributed by atoms with Crippen LogP contribution in [0.5, 0.6) is 0 Å². The number of hydrogen-bond acceptors (Lipinski definition) is 7. The van der Waals surface area contributed by atoms with E-state index in [0.717, 1.165) is 12.1 Å². The first-order chi connectivity index (χ1) is 13.5. The van der Waals surface area contributed by atoms with Gasteiger partial charge in [0.15, 0.2) is 23.7 Å². The molecule has 1 fully saturated rings. The Hall–Kier alpha value is -2.83. The van der Waals surface area contributed by atoms with E-state index >= 15 is 0 Å². The number of halogens is 3. The number of aromatic nitrogens is 6. The fourth-order valence-corrected chi connectivity index (χ4v) is 3.16. The number of rotatable bonds is 4. The Balaban J connectivity index is 1.64. The van der Waals surface area contributed by atoms with E-state index in [4.69, 9.17) is 4.74 Å². The summed E-state index contributed by atoms with van der Waals surface area (Å²) in [6, 6.07) is 0.945. The number of hydrogen-bond donors (Lipinski definition) is 2. The lowest BCUT2D eigenvalue weighted by Crippen LogP contribution is -2.46. The van der Waals surface area contributed by atoms with Crippen molar-refractivity contribution in [3.05, 3.63) is 48.2 Å². The van der Waals surface area contributed by atoms with Crippen LogP contribution in [0, 0.1) is 17.5 Å². The van der Waals surface area contributed by atoms with Gasteiger partial charge in [0.05, 0.1) is 25.0 Å². The fraction of sp³-hybridized carbons (Fsp3) is 0.375. The van der Waals surface area contributed by atoms with Crippen LogP contribution >= 0.6 is 0 Å². The van der Waals surface area contributed by atoms with Crippen molar-refractivity contribution in [2.45, 2.75) is 30.9 Å². The lowest BCUT2D eigenvalue weighted by molar-refractivity contribution is -0.184. The Kier molecular flexibility index (Phi) is 4.83. The fourth-order valence-electron chi connectivity index (χ4n) is 3.16. The summed E-state index contributed by atoms with van der Waals surface area (Å²) >= 11 is 0. The van der Waals surface area contributed by atoms with Crippen molar-refractivity contribution >= 4 is 0 Å². The van der Waals surface area contributed by atoms with Gasteiger partial charge in [0.1, 0.15) is 17.9 Å². The molecule has 0 radical (unpaired) electrons. The molecule has 0 bridgehead atoms. The summed E-state index contributed by atoms with van der Waals surface area (Å²) in [5, 5.41) is 35.4. The summed E-state index contributed by atoms with van der Waals surface area (Å²) < 4.78 is 48.5. The van der Waals surface area contributed by atoms with E-state index in [2.05, 4.69) is 20.6 Å². The molecule has 0 aliphatic carbocycles. The van der Waals surface area contributed by atoms with Crippen molar-refractivity contribution in [1.82, 2.24) is 30.0 Å². The normalized spacial score (nSPS) is 25.2. The number of aliphatic hydroxyl groups excluding tert-OH is 2. The van der Waals surface area contributed by atoms with Gasteiger partial charge in [-0.15, -0.1) is 10.2 Å². The second-order valence-electron chi connectivity index (χ2n) is 6.33. The van der Waals surface area contributed by atoms with Crippen molar-refractivity contribution in [3.63, 3.8) is 0 Å². The van der Waals surface area contributed by atoms with Crippen LogP contribution in [-0.2, 0) is 4.74 Å². The molecule has 0 spiro atoms. The van der Waals surface area contributed by atoms with Gasteiger partial charge in [0, 0.05) is 18.2 Å². The molecular formula is C16H15F3N6O3. The van der Waals surface area contributed by atoms with Crippen molar-refractivity contribution in [2.75, 3.05) is 6.61 Å². The van der Waals surface area contributed by atoms with E-state index in [9.17, 15) is 23.4 Å². The zero-order valence-corrected chi connectivity index (χ0v) is 14.2. The highest BCUT2D eigenvalue weighted by molar-refractivity contribution is 5.57. The molecule has 9 nitrogen and oxygen atoms in total. The third-order valence-electron chi connectivity index (χ3n) is 4.60. The topological polar surface area (TPSA) is 111 Å². The summed E-state index contributed by atoms with van der Waals surface area (Å²) in [5.41, 5.74) is 0.0880. The van der Waals surface area contributed by atoms with E-state index in [1.807, 2.05) is 0 Å². The smallest absolute Gasteiger partial charge is 0.194 e. The summed E-state index contributed by atoms with van der Waals surface area (Å²) in [6.45, 7) is -0.446. The van der Waals surface area contributed by atoms with Gasteiger partial charge in [-0.3, -0.25) is 0 Å². The average Bonchev–Trinajstić information content (AvgIpc) is 3.38. The molecule has 3 aromatic rings. The molecule has 3 heterocycles. The van der Waals surface area contributed by atoms with Crippen LogP contribution in [0.1, 0.15) is 18.7 Å². The van der Waals surface area contributed by atoms with Gasteiger partial charge in [0.25, 0.3) is 0 Å². The van der Waals surface area contributed by atoms with Gasteiger partial charge in [0.2, 0.25) is 0 Å². The molecule has 0 saturated carbocycles. The van der Waals surface area contributed by atoms with E-state index < -0.39 is 48.5 Å². The van der Waals surface area contributed by atoms with Crippen LogP contribution in [0.4, 0.5) is 13.2 Å². The van der Waals surface area contributed by atoms with Crippen molar-refractivity contribution < 1.29 is 28.1 Å². The molecule has 1 saturated heterocycles. The maximum atomic E-state index is 13.5. The number of aliphatic hydroxyl groups is 2. The quantitative estimate of drug-likeness (QED) is 0.629. The Morgan fingerprint density at radius 2 is 1.89 bits per heavy atom. The highest BCUT2D eigenvalue weighted by atomic mass is 19.2. The van der Waals surface area contributed by atoms with Crippen LogP contribution in [-0.4, -0.2) is 59.0 Å². The zero-order valence-electron chi connectivity index (χ0n) is 14.2. The zero-order chi connectivity index (χ0) is 19.8. The number of benzene rings is 1. The Bertz CT molecular complexity index is 943. The predicted octanol–water partition coefficient (Wildman–Crippen LogP) is 0.836. The van der Waals surface area contributed by atoms with Crippen LogP contribution in [0.15, 0.2) is 30.7 Å². The van der Waals surface area contributed by atoms with Crippen molar-refractivity contribution in [1.29, 1.82) is 0 Å². The van der Waals surface area contributed by atoms with E-state index in [0.29, 0.717) is 0 Å². The second-order valence-corrected chi connectivity index (χ2v) is 6.33. The predicted molar refractivity (Wildman–Crippen MR) is 86.0 cm³/mol. The minimum atomic E-state index is -1.57. The minimum absolute atomic E-state index is 0.00395. The summed E-state index contributed by atoms with van der Waals surface area (Å²) in [4.78, 5) is 0. The highest BCUT2D eigenvalue weighted by Crippen LogP contribution is 2.34. The molecule has 148 valence electrons. The van der Waals surface area contributed by atoms with Crippen LogP contribution in [0.2, 0.25) is 0 Å². The maximum absolute atomic E-state index is 13.5. The molecule has 4 unspecified atom stereocenters. The van der Waals surface area contributed by atoms with Gasteiger partial charge in [-0.1, -0.05) is 10.4 Å². The second kappa shape index (κ2) is 7.30. The lowest BCUT2D eigenvalue weighted by atomic mass is 9.98. The van der Waals surface area contributed by atoms with E-state index in [-0.39, 0.29) is 17.7 Å². The minimum Gasteiger partial charge on any atom is -0.394 e. The monoisotopic (exact) mass is 396 g/mol. The first kappa shape index (κ1) is 18.5. The van der Waals surface area contributed by atoms with Gasteiger partial charge < -0.3 is 14.9 Å². The molecule has 1 aliphatic rings. The molecule has 4 rings (SSSR count). The summed E-state index contributed by atoms with van der Waals surface area (Å²) in [7, 11) is 0. The van der Waals surface area contributed by atoms with Crippen LogP contribution in [0.3, 0.4) is 0 Å². The SMILES string of the molecule is OCC1OC(n2ccnn2)CC(n2cc(-c3cc(F)c(F)c(F)c3)nn2)C1O. The standard InChI is InChI=1S/C16H15F3N6O3/c17-9-3-8(4-10(18)15(9)19)11-6-25(23-21-11)12-5-14(24-2-1-20-22-24)28-13(7-26)16(12)27/h1-4,6,12-14,16,26-27H,5,7H2. The molecule has 4 atom stereocenters. The molecule has 2 aromatic heterocycles. The summed E-state index contributed by atoms with van der Waals surface area (Å²) in [5.74, 6) is -4.26. The number of nitrogens with zero attached hydrogens (tertiary/aromatic N) is 6. The Morgan fingerprint density at radius 3 is 2.54 bits per heavy atom. The molecule has 12 heteroatoms. The van der Waals surface area contributed by atoms with Gasteiger partial charge in [-0.2, -0.15) is 0 Å². The molecule has 1 aromatic carbocycles. The first-order valence-corrected chi connectivity index (χ1v) is 8.35. The molecule has 1 aliphatic heterocycles. The van der Waals surface area contributed by atoms with Gasteiger partial charge in [-0.05, 0) is 12.1 Å². The van der Waals surface area contributed by atoms with Gasteiger partial charge >= 0.3 is 0 Å². The van der Waals surface area contributed by atoms with E-state index in [1.165, 1.54) is 21.8 Å². The van der Waals surface area contributed by atoms with Crippen LogP contribution in [0.25, 0.3) is 11.3 Å². The molecule has 2 N–H and O–H groups in total. The highest BCUT2D eigenvalue weighted by Gasteiger charge is 2.40. The lowest BCUT2D eigenvalue weighted by Gasteiger charge is -2.38. The van der Waals surface area contributed by atoms with Gasteiger partial charge in [-0.25, -0.2) is 22.5 Å². The first-order valence-electron chi connectivity index (χ1n) is 8.35. The Morgan fingerprint density at radius 1 is 1.14 bits per heavy atom. The average molecular weight is 396 g/mol. The largest absolute Gasteiger partial charge is 0.394 e. The molecular weight excluding hydrogens is 381 g/mol. The third kappa shape index (κ3) is 3.25. The summed E-state index contributed by atoms with van der Waals surface area (Å²) in [6.07, 6.45) is 1.96. The van der Waals surface area contributed by atoms with Crippen molar-refractivity contribution in [3.8, 4) is 11.3 Å². The Labute approximate surface area is 156 Å².